The fourth-order valence-electron chi connectivity index (χ4n) is 2.06. The maximum Gasteiger partial charge on any atom is 0.416 e. The first-order valence-electron chi connectivity index (χ1n) is 7.82. The summed E-state index contributed by atoms with van der Waals surface area (Å²) in [5.41, 5.74) is -0.885. The Morgan fingerprint density at radius 2 is 1.81 bits per heavy atom. The minimum Gasteiger partial charge on any atom is -0.481 e. The third kappa shape index (κ3) is 6.31. The lowest BCUT2D eigenvalue weighted by Crippen LogP contribution is -2.26. The van der Waals surface area contributed by atoms with E-state index >= 15 is 0 Å². The van der Waals surface area contributed by atoms with Crippen molar-refractivity contribution in [3.8, 4) is 11.8 Å². The number of carbonyl (C=O) groups is 1. The van der Waals surface area contributed by atoms with Gasteiger partial charge in [-0.1, -0.05) is 6.07 Å². The van der Waals surface area contributed by atoms with Crippen LogP contribution in [-0.4, -0.2) is 42.4 Å². The van der Waals surface area contributed by atoms with Crippen LogP contribution in [0.5, 0.6) is 11.8 Å². The molecule has 27 heavy (non-hydrogen) atoms. The number of ether oxygens (including phenoxy) is 2. The summed E-state index contributed by atoms with van der Waals surface area (Å²) >= 11 is 1.46. The molecule has 2 aromatic rings. The lowest BCUT2D eigenvalue weighted by Gasteiger charge is -2.09. The van der Waals surface area contributed by atoms with Crippen LogP contribution in [0, 0.1) is 0 Å². The summed E-state index contributed by atoms with van der Waals surface area (Å²) in [6.45, 7) is 0.293. The summed E-state index contributed by atoms with van der Waals surface area (Å²) in [6.07, 6.45) is -4.48. The van der Waals surface area contributed by atoms with Gasteiger partial charge in [-0.3, -0.25) is 4.79 Å². The van der Waals surface area contributed by atoms with E-state index in [2.05, 4.69) is 15.3 Å². The second-order valence-electron chi connectivity index (χ2n) is 5.26. The summed E-state index contributed by atoms with van der Waals surface area (Å²) in [5.74, 6) is 1.73. The summed E-state index contributed by atoms with van der Waals surface area (Å²) in [4.78, 5) is 20.3. The van der Waals surface area contributed by atoms with Crippen LogP contribution in [-0.2, 0) is 11.9 Å². The number of aromatic nitrogens is 2. The molecular formula is C17H18F3N3O3S. The molecule has 0 fully saturated rings. The van der Waals surface area contributed by atoms with Crippen molar-refractivity contribution in [2.24, 2.45) is 0 Å². The maximum absolute atomic E-state index is 12.7. The zero-order chi connectivity index (χ0) is 19.9. The average molecular weight is 401 g/mol. The predicted molar refractivity (Wildman–Crippen MR) is 95.1 cm³/mol. The quantitative estimate of drug-likeness (QED) is 0.685. The number of amides is 1. The fourth-order valence-corrected chi connectivity index (χ4v) is 2.76. The second-order valence-corrected chi connectivity index (χ2v) is 6.36. The van der Waals surface area contributed by atoms with Gasteiger partial charge in [0.25, 0.3) is 5.91 Å². The Hall–Kier alpha value is -2.49. The van der Waals surface area contributed by atoms with E-state index in [4.69, 9.17) is 9.47 Å². The number of halogens is 3. The Morgan fingerprint density at radius 3 is 2.41 bits per heavy atom. The molecule has 2 rings (SSSR count). The Morgan fingerprint density at radius 1 is 1.15 bits per heavy atom. The lowest BCUT2D eigenvalue weighted by atomic mass is 10.1. The predicted octanol–water partition coefficient (Wildman–Crippen LogP) is 3.18. The van der Waals surface area contributed by atoms with Crippen LogP contribution in [0.4, 0.5) is 13.2 Å². The minimum atomic E-state index is -4.48. The first-order valence-corrected chi connectivity index (χ1v) is 8.98. The smallest absolute Gasteiger partial charge is 0.416 e. The van der Waals surface area contributed by atoms with Crippen molar-refractivity contribution < 1.29 is 27.4 Å². The molecular weight excluding hydrogens is 383 g/mol. The van der Waals surface area contributed by atoms with Gasteiger partial charge in [0.1, 0.15) is 5.82 Å². The highest BCUT2D eigenvalue weighted by Gasteiger charge is 2.30. The highest BCUT2D eigenvalue weighted by molar-refractivity contribution is 7.98. The molecule has 0 bridgehead atoms. The molecule has 6 nitrogen and oxygen atoms in total. The van der Waals surface area contributed by atoms with Gasteiger partial charge in [-0.05, 0) is 18.2 Å². The van der Waals surface area contributed by atoms with Crippen LogP contribution in [0.15, 0.2) is 30.3 Å². The molecule has 0 aliphatic heterocycles. The van der Waals surface area contributed by atoms with Gasteiger partial charge in [0.15, 0.2) is 0 Å². The molecule has 1 heterocycles. The van der Waals surface area contributed by atoms with Gasteiger partial charge < -0.3 is 14.8 Å². The molecule has 0 radical (unpaired) electrons. The van der Waals surface area contributed by atoms with Crippen molar-refractivity contribution >= 4 is 17.7 Å². The average Bonchev–Trinajstić information content (AvgIpc) is 2.66. The van der Waals surface area contributed by atoms with E-state index in [1.807, 2.05) is 0 Å². The molecule has 0 saturated carbocycles. The fraction of sp³-hybridized carbons (Fsp3) is 0.353. The number of nitrogens with one attached hydrogen (secondary N) is 1. The summed E-state index contributed by atoms with van der Waals surface area (Å²) in [7, 11) is 2.98. The van der Waals surface area contributed by atoms with Crippen molar-refractivity contribution in [3.05, 3.63) is 47.3 Å². The van der Waals surface area contributed by atoms with Gasteiger partial charge in [0.2, 0.25) is 11.8 Å². The van der Waals surface area contributed by atoms with E-state index in [0.717, 1.165) is 12.1 Å². The number of rotatable bonds is 8. The zero-order valence-electron chi connectivity index (χ0n) is 14.7. The van der Waals surface area contributed by atoms with Crippen molar-refractivity contribution in [1.29, 1.82) is 0 Å². The van der Waals surface area contributed by atoms with Gasteiger partial charge in [-0.15, -0.1) is 0 Å². The van der Waals surface area contributed by atoms with Crippen molar-refractivity contribution in [1.82, 2.24) is 15.3 Å². The molecule has 1 aromatic heterocycles. The van der Waals surface area contributed by atoms with Crippen molar-refractivity contribution in [3.63, 3.8) is 0 Å². The van der Waals surface area contributed by atoms with Gasteiger partial charge in [-0.25, -0.2) is 0 Å². The Bertz CT molecular complexity index is 765. The van der Waals surface area contributed by atoms with Crippen LogP contribution in [0.3, 0.4) is 0 Å². The van der Waals surface area contributed by atoms with Crippen LogP contribution in [0.25, 0.3) is 0 Å². The SMILES string of the molecule is COc1cc(OC)nc(CSCCNC(=O)c2cccc(C(F)(F)F)c2)n1. The molecule has 146 valence electrons. The molecule has 0 aliphatic rings. The maximum atomic E-state index is 12.7. The third-order valence-electron chi connectivity index (χ3n) is 3.36. The number of hydrogen-bond donors (Lipinski definition) is 1. The van der Waals surface area contributed by atoms with Crippen LogP contribution >= 0.6 is 11.8 Å². The number of hydrogen-bond acceptors (Lipinski definition) is 6. The van der Waals surface area contributed by atoms with Gasteiger partial charge in [0.05, 0.1) is 31.6 Å². The number of thioether (sulfide) groups is 1. The third-order valence-corrected chi connectivity index (χ3v) is 4.31. The largest absolute Gasteiger partial charge is 0.481 e. The summed E-state index contributed by atoms with van der Waals surface area (Å²) < 4.78 is 48.2. The van der Waals surface area contributed by atoms with Crippen LogP contribution < -0.4 is 14.8 Å². The minimum absolute atomic E-state index is 0.0318. The van der Waals surface area contributed by atoms with Gasteiger partial charge >= 0.3 is 6.18 Å². The number of methoxy groups -OCH3 is 2. The van der Waals surface area contributed by atoms with Gasteiger partial charge in [0, 0.05) is 17.9 Å². The number of nitrogens with zero attached hydrogens (tertiary/aromatic N) is 2. The highest BCUT2D eigenvalue weighted by Crippen LogP contribution is 2.29. The second kappa shape index (κ2) is 9.45. The zero-order valence-corrected chi connectivity index (χ0v) is 15.5. The summed E-state index contributed by atoms with van der Waals surface area (Å²) in [5, 5.41) is 2.59. The molecule has 0 spiro atoms. The summed E-state index contributed by atoms with van der Waals surface area (Å²) in [6, 6.07) is 5.87. The normalized spacial score (nSPS) is 11.1. The first kappa shape index (κ1) is 20.8. The van der Waals surface area contributed by atoms with E-state index in [-0.39, 0.29) is 5.56 Å². The molecule has 10 heteroatoms. The molecule has 0 atom stereocenters. The van der Waals surface area contributed by atoms with Crippen LogP contribution in [0.2, 0.25) is 0 Å². The molecule has 1 amide bonds. The molecule has 1 aromatic carbocycles. The lowest BCUT2D eigenvalue weighted by molar-refractivity contribution is -0.137. The number of alkyl halides is 3. The van der Waals surface area contributed by atoms with E-state index in [1.54, 1.807) is 6.07 Å². The first-order chi connectivity index (χ1) is 12.8. The topological polar surface area (TPSA) is 73.3 Å². The standard InChI is InChI=1S/C17H18F3N3O3S/c1-25-14-9-15(26-2)23-13(22-14)10-27-7-6-21-16(24)11-4-3-5-12(8-11)17(18,19)20/h3-5,8-9H,6-7,10H2,1-2H3,(H,21,24). The Balaban J connectivity index is 1.81. The number of benzene rings is 1. The Labute approximate surface area is 158 Å². The monoisotopic (exact) mass is 401 g/mol. The molecule has 0 unspecified atom stereocenters. The van der Waals surface area contributed by atoms with E-state index in [1.165, 1.54) is 38.1 Å². The molecule has 0 aliphatic carbocycles. The van der Waals surface area contributed by atoms with E-state index < -0.39 is 17.6 Å². The molecule has 1 N–H and O–H groups in total. The Kier molecular flexibility index (Phi) is 7.28. The van der Waals surface area contributed by atoms with E-state index in [9.17, 15) is 18.0 Å². The van der Waals surface area contributed by atoms with Crippen LogP contribution in [0.1, 0.15) is 21.7 Å². The van der Waals surface area contributed by atoms with Crippen molar-refractivity contribution in [2.45, 2.75) is 11.9 Å². The van der Waals surface area contributed by atoms with Gasteiger partial charge in [-0.2, -0.15) is 34.9 Å². The van der Waals surface area contributed by atoms with E-state index in [0.29, 0.717) is 35.6 Å². The highest BCUT2D eigenvalue weighted by atomic mass is 32.2. The van der Waals surface area contributed by atoms with Crippen molar-refractivity contribution in [2.75, 3.05) is 26.5 Å². The molecule has 0 saturated heterocycles. The number of carbonyl (C=O) groups excluding carboxylic acids is 1.